The Bertz CT molecular complexity index is 142. The maximum absolute atomic E-state index is 2.50. The molecule has 0 N–H and O–H groups in total. The van der Waals surface area contributed by atoms with Crippen molar-refractivity contribution in [2.45, 2.75) is 66.2 Å². The first kappa shape index (κ1) is 12.1. The van der Waals surface area contributed by atoms with Gasteiger partial charge in [-0.1, -0.05) is 66.2 Å². The molecule has 0 heteroatoms. The molecule has 0 nitrogen and oxygen atoms in total. The van der Waals surface area contributed by atoms with Crippen LogP contribution < -0.4 is 0 Å². The summed E-state index contributed by atoms with van der Waals surface area (Å²) in [6, 6.07) is 0. The molecular weight excluding hydrogens is 168 g/mol. The van der Waals surface area contributed by atoms with Gasteiger partial charge >= 0.3 is 0 Å². The molecule has 1 aliphatic rings. The highest BCUT2D eigenvalue weighted by molar-refractivity contribution is 4.77. The quantitative estimate of drug-likeness (QED) is 0.601. The summed E-state index contributed by atoms with van der Waals surface area (Å²) in [7, 11) is 0. The predicted molar refractivity (Wildman–Crippen MR) is 64.4 cm³/mol. The van der Waals surface area contributed by atoms with Gasteiger partial charge in [0, 0.05) is 0 Å². The molecule has 1 saturated carbocycles. The van der Waals surface area contributed by atoms with E-state index >= 15 is 0 Å². The molecule has 1 aliphatic carbocycles. The van der Waals surface area contributed by atoms with Crippen LogP contribution in [0.2, 0.25) is 0 Å². The minimum atomic E-state index is 0.872. The first-order chi connectivity index (χ1) is 6.66. The summed E-state index contributed by atoms with van der Waals surface area (Å²) in [6.07, 6.45) is 8.85. The first-order valence-corrected chi connectivity index (χ1v) is 6.66. The Balaban J connectivity index is 2.47. The molecule has 0 spiro atoms. The molecule has 0 aromatic carbocycles. The minimum absolute atomic E-state index is 0.872. The zero-order valence-electron chi connectivity index (χ0n) is 10.6. The molecule has 1 fully saturated rings. The fraction of sp³-hybridized carbons (Fsp3) is 1.00. The Morgan fingerprint density at radius 2 is 1.57 bits per heavy atom. The molecule has 0 aliphatic heterocycles. The van der Waals surface area contributed by atoms with E-state index in [-0.39, 0.29) is 0 Å². The van der Waals surface area contributed by atoms with Crippen molar-refractivity contribution in [3.05, 3.63) is 0 Å². The van der Waals surface area contributed by atoms with Gasteiger partial charge < -0.3 is 0 Å². The number of hydrogen-bond donors (Lipinski definition) is 0. The molecule has 0 saturated heterocycles. The van der Waals surface area contributed by atoms with Crippen LogP contribution in [0.5, 0.6) is 0 Å². The highest BCUT2D eigenvalue weighted by atomic mass is 14.3. The van der Waals surface area contributed by atoms with Crippen LogP contribution in [0.25, 0.3) is 0 Å². The smallest absolute Gasteiger partial charge is 0.0365 e. The van der Waals surface area contributed by atoms with Gasteiger partial charge in [-0.3, -0.25) is 0 Å². The summed E-state index contributed by atoms with van der Waals surface area (Å²) in [4.78, 5) is 0. The van der Waals surface area contributed by atoms with Crippen molar-refractivity contribution in [1.82, 2.24) is 0 Å². The lowest BCUT2D eigenvalue weighted by Gasteiger charge is -2.35. The second-order valence-corrected chi connectivity index (χ2v) is 5.57. The molecule has 0 heterocycles. The van der Waals surface area contributed by atoms with Crippen LogP contribution in [0.15, 0.2) is 0 Å². The molecule has 1 unspecified atom stereocenters. The summed E-state index contributed by atoms with van der Waals surface area (Å²) in [5, 5.41) is 0. The Kier molecular flexibility index (Phi) is 4.98. The van der Waals surface area contributed by atoms with Crippen LogP contribution in [0.4, 0.5) is 0 Å². The van der Waals surface area contributed by atoms with Gasteiger partial charge in [0.1, 0.15) is 0 Å². The summed E-state index contributed by atoms with van der Waals surface area (Å²) in [6.45, 7) is 9.66. The third-order valence-corrected chi connectivity index (χ3v) is 4.40. The lowest BCUT2D eigenvalue weighted by atomic mass is 9.71. The van der Waals surface area contributed by atoms with Crippen molar-refractivity contribution < 1.29 is 0 Å². The predicted octanol–water partition coefficient (Wildman–Crippen LogP) is 4.89. The van der Waals surface area contributed by atoms with E-state index in [9.17, 15) is 0 Å². The topological polar surface area (TPSA) is 0 Å². The van der Waals surface area contributed by atoms with E-state index in [0.717, 1.165) is 23.7 Å². The van der Waals surface area contributed by atoms with Crippen molar-refractivity contribution in [3.8, 4) is 0 Å². The van der Waals surface area contributed by atoms with E-state index in [1.54, 1.807) is 0 Å². The molecule has 0 aromatic rings. The van der Waals surface area contributed by atoms with E-state index in [4.69, 9.17) is 0 Å². The van der Waals surface area contributed by atoms with Gasteiger partial charge in [-0.15, -0.1) is 0 Å². The van der Waals surface area contributed by atoms with E-state index in [2.05, 4.69) is 27.7 Å². The lowest BCUT2D eigenvalue weighted by molar-refractivity contribution is 0.153. The van der Waals surface area contributed by atoms with E-state index in [0.29, 0.717) is 0 Å². The van der Waals surface area contributed by atoms with Crippen LogP contribution >= 0.6 is 0 Å². The largest absolute Gasteiger partial charge is 0.0651 e. The third-order valence-electron chi connectivity index (χ3n) is 4.40. The monoisotopic (exact) mass is 196 g/mol. The first-order valence-electron chi connectivity index (χ1n) is 6.66. The standard InChI is InChI=1S/C14H28/c1-5-14(11(2)3)12(4)13-9-7-6-8-10-13/h11-14H,5-10H2,1-4H3/t12?,14-/m0/s1. The fourth-order valence-electron chi connectivity index (χ4n) is 3.46. The summed E-state index contributed by atoms with van der Waals surface area (Å²) < 4.78 is 0. The second kappa shape index (κ2) is 5.78. The summed E-state index contributed by atoms with van der Waals surface area (Å²) in [5.74, 6) is 3.83. The van der Waals surface area contributed by atoms with Crippen LogP contribution in [0.1, 0.15) is 66.2 Å². The normalized spacial score (nSPS) is 23.8. The molecule has 0 amide bonds. The van der Waals surface area contributed by atoms with Gasteiger partial charge in [0.15, 0.2) is 0 Å². The van der Waals surface area contributed by atoms with Crippen molar-refractivity contribution in [3.63, 3.8) is 0 Å². The fourth-order valence-corrected chi connectivity index (χ4v) is 3.46. The zero-order chi connectivity index (χ0) is 10.6. The van der Waals surface area contributed by atoms with Crippen LogP contribution in [-0.4, -0.2) is 0 Å². The molecule has 0 aromatic heterocycles. The molecule has 0 bridgehead atoms. The minimum Gasteiger partial charge on any atom is -0.0651 e. The molecule has 84 valence electrons. The SMILES string of the molecule is CC[C@@H](C(C)C)C(C)C1CCCCC1. The van der Waals surface area contributed by atoms with Gasteiger partial charge in [0.05, 0.1) is 0 Å². The Morgan fingerprint density at radius 1 is 1.00 bits per heavy atom. The number of hydrogen-bond acceptors (Lipinski definition) is 0. The molecular formula is C14H28. The third kappa shape index (κ3) is 3.00. The molecule has 2 atom stereocenters. The lowest BCUT2D eigenvalue weighted by Crippen LogP contribution is -2.26. The van der Waals surface area contributed by atoms with Crippen LogP contribution in [0, 0.1) is 23.7 Å². The molecule has 14 heavy (non-hydrogen) atoms. The van der Waals surface area contributed by atoms with E-state index in [1.165, 1.54) is 38.5 Å². The average Bonchev–Trinajstić information content (AvgIpc) is 2.19. The van der Waals surface area contributed by atoms with Crippen molar-refractivity contribution in [1.29, 1.82) is 0 Å². The zero-order valence-corrected chi connectivity index (χ0v) is 10.6. The van der Waals surface area contributed by atoms with E-state index in [1.807, 2.05) is 0 Å². The summed E-state index contributed by atoms with van der Waals surface area (Å²) in [5.41, 5.74) is 0. The Labute approximate surface area is 90.5 Å². The Morgan fingerprint density at radius 3 is 2.00 bits per heavy atom. The Hall–Kier alpha value is 0. The second-order valence-electron chi connectivity index (χ2n) is 5.57. The van der Waals surface area contributed by atoms with Gasteiger partial charge in [-0.2, -0.15) is 0 Å². The van der Waals surface area contributed by atoms with Gasteiger partial charge in [-0.05, 0) is 23.7 Å². The summed E-state index contributed by atoms with van der Waals surface area (Å²) >= 11 is 0. The van der Waals surface area contributed by atoms with Crippen molar-refractivity contribution in [2.75, 3.05) is 0 Å². The van der Waals surface area contributed by atoms with E-state index < -0.39 is 0 Å². The highest BCUT2D eigenvalue weighted by Crippen LogP contribution is 2.37. The van der Waals surface area contributed by atoms with Gasteiger partial charge in [0.25, 0.3) is 0 Å². The van der Waals surface area contributed by atoms with Crippen molar-refractivity contribution >= 4 is 0 Å². The van der Waals surface area contributed by atoms with Gasteiger partial charge in [0.2, 0.25) is 0 Å². The van der Waals surface area contributed by atoms with Gasteiger partial charge in [-0.25, -0.2) is 0 Å². The number of rotatable bonds is 4. The van der Waals surface area contributed by atoms with Crippen LogP contribution in [-0.2, 0) is 0 Å². The maximum atomic E-state index is 2.50. The maximum Gasteiger partial charge on any atom is -0.0365 e. The molecule has 1 rings (SSSR count). The van der Waals surface area contributed by atoms with Crippen LogP contribution in [0.3, 0.4) is 0 Å². The average molecular weight is 196 g/mol. The van der Waals surface area contributed by atoms with Crippen molar-refractivity contribution in [2.24, 2.45) is 23.7 Å². The molecule has 0 radical (unpaired) electrons. The highest BCUT2D eigenvalue weighted by Gasteiger charge is 2.27.